The molecule has 2 N–H and O–H groups in total. The molecule has 0 heterocycles. The molecule has 0 aliphatic rings. The van der Waals surface area contributed by atoms with E-state index in [9.17, 15) is 8.42 Å². The Morgan fingerprint density at radius 2 is 1.71 bits per heavy atom. The van der Waals surface area contributed by atoms with Gasteiger partial charge >= 0.3 is 0 Å². The first-order valence-electron chi connectivity index (χ1n) is 6.04. The first-order valence-corrected chi connectivity index (χ1v) is 9.07. The highest BCUT2D eigenvalue weighted by molar-refractivity contribution is 9.11. The molecule has 0 aromatic heterocycles. The molecule has 112 valence electrons. The molecule has 0 atom stereocenters. The van der Waals surface area contributed by atoms with Crippen LogP contribution in [0.3, 0.4) is 0 Å². The summed E-state index contributed by atoms with van der Waals surface area (Å²) in [6, 6.07) is 10.2. The van der Waals surface area contributed by atoms with Crippen molar-refractivity contribution in [3.63, 3.8) is 0 Å². The standard InChI is InChI=1S/C14H14Br2N2O2S/c1-9-7-11(16)14(8-10(9)15)21(19,20)18(2)13-6-4-3-5-12(13)17/h3-8H,17H2,1-2H3. The van der Waals surface area contributed by atoms with Crippen LogP contribution in [0.5, 0.6) is 0 Å². The van der Waals surface area contributed by atoms with Crippen molar-refractivity contribution in [3.8, 4) is 0 Å². The van der Waals surface area contributed by atoms with Gasteiger partial charge in [0.15, 0.2) is 0 Å². The number of rotatable bonds is 3. The number of hydrogen-bond acceptors (Lipinski definition) is 3. The number of sulfonamides is 1. The molecule has 4 nitrogen and oxygen atoms in total. The van der Waals surface area contributed by atoms with E-state index in [1.807, 2.05) is 6.92 Å². The maximum Gasteiger partial charge on any atom is 0.265 e. The highest BCUT2D eigenvalue weighted by Gasteiger charge is 2.25. The predicted octanol–water partition coefficient (Wildman–Crippen LogP) is 3.93. The van der Waals surface area contributed by atoms with Crippen molar-refractivity contribution in [1.29, 1.82) is 0 Å². The average molecular weight is 434 g/mol. The van der Waals surface area contributed by atoms with E-state index in [1.165, 1.54) is 11.4 Å². The Kier molecular flexibility index (Phi) is 4.65. The van der Waals surface area contributed by atoms with Crippen LogP contribution in [0.15, 0.2) is 50.2 Å². The molecule has 0 unspecified atom stereocenters. The van der Waals surface area contributed by atoms with Crippen molar-refractivity contribution in [2.45, 2.75) is 11.8 Å². The van der Waals surface area contributed by atoms with Gasteiger partial charge in [-0.1, -0.05) is 28.1 Å². The van der Waals surface area contributed by atoms with E-state index in [4.69, 9.17) is 5.73 Å². The molecule has 2 aromatic rings. The van der Waals surface area contributed by atoms with Crippen molar-refractivity contribution in [1.82, 2.24) is 0 Å². The molecular formula is C14H14Br2N2O2S. The van der Waals surface area contributed by atoms with Gasteiger partial charge in [0.25, 0.3) is 10.0 Å². The van der Waals surface area contributed by atoms with Crippen LogP contribution in [-0.2, 0) is 10.0 Å². The molecule has 0 radical (unpaired) electrons. The quantitative estimate of drug-likeness (QED) is 0.746. The monoisotopic (exact) mass is 432 g/mol. The minimum atomic E-state index is -3.71. The zero-order chi connectivity index (χ0) is 15.8. The first-order chi connectivity index (χ1) is 9.75. The fourth-order valence-corrected chi connectivity index (χ4v) is 4.74. The van der Waals surface area contributed by atoms with E-state index in [-0.39, 0.29) is 4.90 Å². The predicted molar refractivity (Wildman–Crippen MR) is 93.0 cm³/mol. The van der Waals surface area contributed by atoms with Gasteiger partial charge in [-0.05, 0) is 52.7 Å². The van der Waals surface area contributed by atoms with Crippen molar-refractivity contribution in [3.05, 3.63) is 50.9 Å². The first kappa shape index (κ1) is 16.3. The van der Waals surface area contributed by atoms with E-state index >= 15 is 0 Å². The maximum atomic E-state index is 12.8. The van der Waals surface area contributed by atoms with Crippen LogP contribution in [0, 0.1) is 6.92 Å². The van der Waals surface area contributed by atoms with Gasteiger partial charge in [0.05, 0.1) is 11.4 Å². The molecule has 0 bridgehead atoms. The molecule has 7 heteroatoms. The van der Waals surface area contributed by atoms with E-state index < -0.39 is 10.0 Å². The number of nitrogens with two attached hydrogens (primary N) is 1. The number of halogens is 2. The van der Waals surface area contributed by atoms with Gasteiger partial charge in [0.2, 0.25) is 0 Å². The Bertz CT molecular complexity index is 792. The number of aryl methyl sites for hydroxylation is 1. The normalized spacial score (nSPS) is 11.4. The molecule has 21 heavy (non-hydrogen) atoms. The van der Waals surface area contributed by atoms with Crippen LogP contribution in [0.1, 0.15) is 5.56 Å². The second-order valence-corrected chi connectivity index (χ2v) is 8.21. The molecule has 0 saturated carbocycles. The number of nitrogens with zero attached hydrogens (tertiary/aromatic N) is 1. The third-order valence-corrected chi connectivity index (χ3v) is 6.71. The molecule has 2 aromatic carbocycles. The minimum absolute atomic E-state index is 0.186. The number of nitrogen functional groups attached to an aromatic ring is 1. The van der Waals surface area contributed by atoms with Gasteiger partial charge < -0.3 is 5.73 Å². The summed E-state index contributed by atoms with van der Waals surface area (Å²) < 4.78 is 28.0. The average Bonchev–Trinajstić information content (AvgIpc) is 2.42. The number of para-hydroxylation sites is 2. The molecule has 0 fully saturated rings. The second-order valence-electron chi connectivity index (χ2n) is 4.56. The fraction of sp³-hybridized carbons (Fsp3) is 0.143. The molecule has 0 spiro atoms. The summed E-state index contributed by atoms with van der Waals surface area (Å²) in [5, 5.41) is 0. The number of anilines is 2. The van der Waals surface area contributed by atoms with Gasteiger partial charge in [-0.25, -0.2) is 8.42 Å². The Morgan fingerprint density at radius 3 is 2.33 bits per heavy atom. The van der Waals surface area contributed by atoms with Gasteiger partial charge in [0, 0.05) is 16.0 Å². The SMILES string of the molecule is Cc1cc(Br)c(S(=O)(=O)N(C)c2ccccc2N)cc1Br. The van der Waals surface area contributed by atoms with E-state index in [1.54, 1.807) is 36.4 Å². The minimum Gasteiger partial charge on any atom is -0.397 e. The zero-order valence-corrected chi connectivity index (χ0v) is 15.5. The van der Waals surface area contributed by atoms with Gasteiger partial charge in [-0.2, -0.15) is 0 Å². The molecule has 0 saturated heterocycles. The van der Waals surface area contributed by atoms with E-state index in [2.05, 4.69) is 31.9 Å². The molecular weight excluding hydrogens is 420 g/mol. The van der Waals surface area contributed by atoms with Crippen LogP contribution >= 0.6 is 31.9 Å². The maximum absolute atomic E-state index is 12.8. The number of hydrogen-bond donors (Lipinski definition) is 1. The summed E-state index contributed by atoms with van der Waals surface area (Å²) in [4.78, 5) is 0.186. The third-order valence-electron chi connectivity index (χ3n) is 3.13. The lowest BCUT2D eigenvalue weighted by molar-refractivity contribution is 0.594. The topological polar surface area (TPSA) is 63.4 Å². The van der Waals surface area contributed by atoms with Crippen molar-refractivity contribution < 1.29 is 8.42 Å². The summed E-state index contributed by atoms with van der Waals surface area (Å²) in [7, 11) is -2.22. The number of benzene rings is 2. The Morgan fingerprint density at radius 1 is 1.10 bits per heavy atom. The lowest BCUT2D eigenvalue weighted by atomic mass is 10.2. The molecule has 0 amide bonds. The molecule has 0 aliphatic heterocycles. The van der Waals surface area contributed by atoms with Crippen LogP contribution in [0.4, 0.5) is 11.4 Å². The molecule has 0 aliphatic carbocycles. The van der Waals surface area contributed by atoms with Crippen LogP contribution in [0.25, 0.3) is 0 Å². The van der Waals surface area contributed by atoms with Crippen LogP contribution in [-0.4, -0.2) is 15.5 Å². The lowest BCUT2D eigenvalue weighted by Crippen LogP contribution is -2.27. The fourth-order valence-electron chi connectivity index (χ4n) is 1.88. The smallest absolute Gasteiger partial charge is 0.265 e. The highest BCUT2D eigenvalue weighted by atomic mass is 79.9. The van der Waals surface area contributed by atoms with Crippen LogP contribution in [0.2, 0.25) is 0 Å². The Hall–Kier alpha value is -1.05. The van der Waals surface area contributed by atoms with Gasteiger partial charge in [-0.3, -0.25) is 4.31 Å². The summed E-state index contributed by atoms with van der Waals surface area (Å²) in [5.74, 6) is 0. The van der Waals surface area contributed by atoms with E-state index in [0.29, 0.717) is 15.8 Å². The van der Waals surface area contributed by atoms with Crippen LogP contribution < -0.4 is 10.0 Å². The summed E-state index contributed by atoms with van der Waals surface area (Å²) in [6.07, 6.45) is 0. The summed E-state index contributed by atoms with van der Waals surface area (Å²) in [6.45, 7) is 1.89. The van der Waals surface area contributed by atoms with Crippen molar-refractivity contribution in [2.75, 3.05) is 17.1 Å². The summed E-state index contributed by atoms with van der Waals surface area (Å²) >= 11 is 6.68. The van der Waals surface area contributed by atoms with Gasteiger partial charge in [0.1, 0.15) is 4.90 Å². The summed E-state index contributed by atoms with van der Waals surface area (Å²) in [5.41, 5.74) is 7.66. The lowest BCUT2D eigenvalue weighted by Gasteiger charge is -2.22. The van der Waals surface area contributed by atoms with E-state index in [0.717, 1.165) is 10.0 Å². The second kappa shape index (κ2) is 5.98. The van der Waals surface area contributed by atoms with Crippen molar-refractivity contribution in [2.24, 2.45) is 0 Å². The Balaban J connectivity index is 2.58. The van der Waals surface area contributed by atoms with Crippen molar-refractivity contribution >= 4 is 53.3 Å². The molecule has 2 rings (SSSR count). The third kappa shape index (κ3) is 3.09. The zero-order valence-electron chi connectivity index (χ0n) is 11.5. The highest BCUT2D eigenvalue weighted by Crippen LogP contribution is 2.33. The largest absolute Gasteiger partial charge is 0.397 e. The van der Waals surface area contributed by atoms with Gasteiger partial charge in [-0.15, -0.1) is 0 Å². The Labute approximate surface area is 141 Å².